The number of nitrogens with zero attached hydrogens (tertiary/aromatic N) is 1. The van der Waals surface area contributed by atoms with Crippen LogP contribution in [-0.2, 0) is 0 Å². The number of carbonyl (C=O) groups is 1. The van der Waals surface area contributed by atoms with Gasteiger partial charge >= 0.3 is 6.03 Å². The van der Waals surface area contributed by atoms with Crippen molar-refractivity contribution >= 4 is 17.8 Å². The Hall–Kier alpha value is -1.20. The number of urea groups is 1. The molecule has 1 aromatic rings. The molecule has 1 saturated carbocycles. The summed E-state index contributed by atoms with van der Waals surface area (Å²) in [7, 11) is 0. The summed E-state index contributed by atoms with van der Waals surface area (Å²) < 4.78 is 0.188. The highest BCUT2D eigenvalue weighted by Crippen LogP contribution is 2.51. The molecule has 1 saturated heterocycles. The highest BCUT2D eigenvalue weighted by atomic mass is 32.2. The van der Waals surface area contributed by atoms with Gasteiger partial charge in [-0.1, -0.05) is 18.2 Å². The van der Waals surface area contributed by atoms with Gasteiger partial charge in [-0.2, -0.15) is 0 Å². The molecule has 1 unspecified atom stereocenters. The average molecular weight is 306 g/mol. The normalized spacial score (nSPS) is 23.1. The third kappa shape index (κ3) is 3.71. The molecular weight excluding hydrogens is 284 g/mol. The molecule has 0 radical (unpaired) electrons. The fourth-order valence-corrected chi connectivity index (χ4v) is 3.95. The van der Waals surface area contributed by atoms with Crippen molar-refractivity contribution < 1.29 is 9.90 Å². The number of amides is 2. The summed E-state index contributed by atoms with van der Waals surface area (Å²) in [6.07, 6.45) is 3.23. The van der Waals surface area contributed by atoms with Gasteiger partial charge in [0.2, 0.25) is 0 Å². The molecule has 3 rings (SSSR count). The van der Waals surface area contributed by atoms with Gasteiger partial charge < -0.3 is 15.3 Å². The van der Waals surface area contributed by atoms with Crippen LogP contribution in [0.1, 0.15) is 19.3 Å². The lowest BCUT2D eigenvalue weighted by Gasteiger charge is -2.20. The molecule has 0 spiro atoms. The maximum absolute atomic E-state index is 12.2. The molecule has 4 nitrogen and oxygen atoms in total. The Morgan fingerprint density at radius 1 is 1.38 bits per heavy atom. The molecule has 1 aliphatic carbocycles. The Kier molecular flexibility index (Phi) is 4.40. The Morgan fingerprint density at radius 3 is 2.76 bits per heavy atom. The molecule has 2 amide bonds. The summed E-state index contributed by atoms with van der Waals surface area (Å²) in [6.45, 7) is 2.35. The lowest BCUT2D eigenvalue weighted by molar-refractivity contribution is 0.198. The van der Waals surface area contributed by atoms with Crippen LogP contribution in [0.15, 0.2) is 35.2 Å². The number of aliphatic hydroxyl groups excluding tert-OH is 1. The topological polar surface area (TPSA) is 52.6 Å². The van der Waals surface area contributed by atoms with Gasteiger partial charge in [-0.05, 0) is 31.4 Å². The molecule has 1 aliphatic heterocycles. The SMILES string of the molecule is O=C(NCC1(Sc2ccccc2)CC1)N1CCC(CO)C1. The van der Waals surface area contributed by atoms with E-state index in [0.29, 0.717) is 6.54 Å². The first-order chi connectivity index (χ1) is 10.2. The Balaban J connectivity index is 1.47. The molecule has 114 valence electrons. The Bertz CT molecular complexity index is 490. The van der Waals surface area contributed by atoms with Gasteiger partial charge in [0.1, 0.15) is 0 Å². The first-order valence-electron chi connectivity index (χ1n) is 7.58. The zero-order valence-electron chi connectivity index (χ0n) is 12.1. The van der Waals surface area contributed by atoms with E-state index < -0.39 is 0 Å². The van der Waals surface area contributed by atoms with Crippen LogP contribution in [0.5, 0.6) is 0 Å². The first kappa shape index (κ1) is 14.7. The molecule has 5 heteroatoms. The highest BCUT2D eigenvalue weighted by molar-refractivity contribution is 8.01. The second-order valence-corrected chi connectivity index (χ2v) is 7.58. The van der Waals surface area contributed by atoms with E-state index in [4.69, 9.17) is 5.11 Å². The number of benzene rings is 1. The quantitative estimate of drug-likeness (QED) is 0.878. The molecular formula is C16H22N2O2S. The number of aliphatic hydroxyl groups is 1. The van der Waals surface area contributed by atoms with Crippen molar-refractivity contribution in [3.8, 4) is 0 Å². The summed E-state index contributed by atoms with van der Waals surface area (Å²) in [5.41, 5.74) is 0. The minimum atomic E-state index is 0.0193. The third-order valence-electron chi connectivity index (χ3n) is 4.28. The summed E-state index contributed by atoms with van der Waals surface area (Å²) in [5.74, 6) is 0.254. The van der Waals surface area contributed by atoms with Crippen LogP contribution in [0.2, 0.25) is 0 Å². The zero-order chi connectivity index (χ0) is 14.7. The van der Waals surface area contributed by atoms with Crippen molar-refractivity contribution in [1.29, 1.82) is 0 Å². The van der Waals surface area contributed by atoms with E-state index in [1.165, 1.54) is 4.90 Å². The van der Waals surface area contributed by atoms with E-state index >= 15 is 0 Å². The van der Waals surface area contributed by atoms with E-state index in [-0.39, 0.29) is 23.3 Å². The largest absolute Gasteiger partial charge is 0.396 e. The number of rotatable bonds is 5. The second kappa shape index (κ2) is 6.28. The van der Waals surface area contributed by atoms with Crippen molar-refractivity contribution in [2.45, 2.75) is 28.9 Å². The average Bonchev–Trinajstić information content (AvgIpc) is 3.10. The van der Waals surface area contributed by atoms with Crippen LogP contribution in [0.25, 0.3) is 0 Å². The number of hydrogen-bond acceptors (Lipinski definition) is 3. The van der Waals surface area contributed by atoms with E-state index in [1.54, 1.807) is 0 Å². The van der Waals surface area contributed by atoms with Crippen LogP contribution in [0.4, 0.5) is 4.79 Å². The maximum atomic E-state index is 12.2. The number of carbonyl (C=O) groups excluding carboxylic acids is 1. The molecule has 1 aromatic carbocycles. The summed E-state index contributed by atoms with van der Waals surface area (Å²) in [4.78, 5) is 15.3. The fraction of sp³-hybridized carbons (Fsp3) is 0.562. The predicted octanol–water partition coefficient (Wildman–Crippen LogP) is 2.34. The van der Waals surface area contributed by atoms with Crippen molar-refractivity contribution in [2.24, 2.45) is 5.92 Å². The zero-order valence-corrected chi connectivity index (χ0v) is 12.9. The molecule has 0 aromatic heterocycles. The van der Waals surface area contributed by atoms with Crippen molar-refractivity contribution in [2.75, 3.05) is 26.2 Å². The molecule has 21 heavy (non-hydrogen) atoms. The minimum absolute atomic E-state index is 0.0193. The van der Waals surface area contributed by atoms with Gasteiger partial charge in [0.05, 0.1) is 0 Å². The summed E-state index contributed by atoms with van der Waals surface area (Å²) >= 11 is 1.87. The lowest BCUT2D eigenvalue weighted by Crippen LogP contribution is -2.41. The Morgan fingerprint density at radius 2 is 2.14 bits per heavy atom. The van der Waals surface area contributed by atoms with E-state index in [1.807, 2.05) is 22.7 Å². The van der Waals surface area contributed by atoms with Crippen LogP contribution >= 0.6 is 11.8 Å². The van der Waals surface area contributed by atoms with Crippen molar-refractivity contribution in [3.63, 3.8) is 0 Å². The third-order valence-corrected chi connectivity index (χ3v) is 5.77. The molecule has 2 aliphatic rings. The van der Waals surface area contributed by atoms with Gasteiger partial charge in [-0.3, -0.25) is 0 Å². The van der Waals surface area contributed by atoms with Crippen LogP contribution in [0.3, 0.4) is 0 Å². The fourth-order valence-electron chi connectivity index (χ4n) is 2.71. The van der Waals surface area contributed by atoms with Gasteiger partial charge in [0, 0.05) is 41.8 Å². The number of likely N-dealkylation sites (tertiary alicyclic amines) is 1. The number of nitrogens with one attached hydrogen (secondary N) is 1. The van der Waals surface area contributed by atoms with Gasteiger partial charge in [-0.15, -0.1) is 11.8 Å². The van der Waals surface area contributed by atoms with Gasteiger partial charge in [0.15, 0.2) is 0 Å². The van der Waals surface area contributed by atoms with E-state index in [2.05, 4.69) is 29.6 Å². The van der Waals surface area contributed by atoms with Crippen LogP contribution in [0, 0.1) is 5.92 Å². The predicted molar refractivity (Wildman–Crippen MR) is 84.4 cm³/mol. The van der Waals surface area contributed by atoms with Gasteiger partial charge in [0.25, 0.3) is 0 Å². The van der Waals surface area contributed by atoms with E-state index in [0.717, 1.165) is 32.4 Å². The van der Waals surface area contributed by atoms with Crippen molar-refractivity contribution in [3.05, 3.63) is 30.3 Å². The second-order valence-electron chi connectivity index (χ2n) is 6.04. The standard InChI is InChI=1S/C16H22N2O2S/c19-11-13-6-9-18(10-13)15(20)17-12-16(7-8-16)21-14-4-2-1-3-5-14/h1-5,13,19H,6-12H2,(H,17,20). The van der Waals surface area contributed by atoms with Gasteiger partial charge in [-0.25, -0.2) is 4.79 Å². The van der Waals surface area contributed by atoms with Crippen LogP contribution in [-0.4, -0.2) is 47.0 Å². The molecule has 1 heterocycles. The number of thioether (sulfide) groups is 1. The molecule has 0 bridgehead atoms. The Labute approximate surface area is 129 Å². The smallest absolute Gasteiger partial charge is 0.317 e. The minimum Gasteiger partial charge on any atom is -0.396 e. The number of hydrogen-bond donors (Lipinski definition) is 2. The lowest BCUT2D eigenvalue weighted by atomic mass is 10.1. The molecule has 2 fully saturated rings. The first-order valence-corrected chi connectivity index (χ1v) is 8.40. The summed E-state index contributed by atoms with van der Waals surface area (Å²) in [6, 6.07) is 10.4. The summed E-state index contributed by atoms with van der Waals surface area (Å²) in [5, 5.41) is 12.2. The van der Waals surface area contributed by atoms with Crippen molar-refractivity contribution in [1.82, 2.24) is 10.2 Å². The maximum Gasteiger partial charge on any atom is 0.317 e. The van der Waals surface area contributed by atoms with E-state index in [9.17, 15) is 4.79 Å². The molecule has 1 atom stereocenters. The molecule has 2 N–H and O–H groups in total. The monoisotopic (exact) mass is 306 g/mol. The van der Waals surface area contributed by atoms with Crippen LogP contribution < -0.4 is 5.32 Å². The highest BCUT2D eigenvalue weighted by Gasteiger charge is 2.44.